The predicted octanol–water partition coefficient (Wildman–Crippen LogP) is 2.88. The highest BCUT2D eigenvalue weighted by Gasteiger charge is 2.30. The van der Waals surface area contributed by atoms with Crippen molar-refractivity contribution in [3.63, 3.8) is 0 Å². The maximum Gasteiger partial charge on any atom is 0.230 e. The number of nitrogens with one attached hydrogen (secondary N) is 2. The Hall–Kier alpha value is -2.54. The minimum absolute atomic E-state index is 0.00130. The molecule has 0 bridgehead atoms. The van der Waals surface area contributed by atoms with Gasteiger partial charge >= 0.3 is 0 Å². The first-order valence-electron chi connectivity index (χ1n) is 7.67. The molecule has 124 valence electrons. The highest BCUT2D eigenvalue weighted by atomic mass is 32.1. The normalized spacial score (nSPS) is 13.4. The van der Waals surface area contributed by atoms with E-state index in [0.29, 0.717) is 22.1 Å². The molecule has 3 rings (SSSR count). The van der Waals surface area contributed by atoms with Gasteiger partial charge in [-0.3, -0.25) is 14.4 Å². The van der Waals surface area contributed by atoms with Crippen LogP contribution in [0.15, 0.2) is 29.6 Å². The number of thiazole rings is 1. The highest BCUT2D eigenvalue weighted by molar-refractivity contribution is 7.13. The fourth-order valence-electron chi connectivity index (χ4n) is 2.18. The van der Waals surface area contributed by atoms with Gasteiger partial charge in [0.2, 0.25) is 11.8 Å². The molecule has 1 fully saturated rings. The average Bonchev–Trinajstić information content (AvgIpc) is 3.30. The van der Waals surface area contributed by atoms with Gasteiger partial charge in [0.05, 0.1) is 12.1 Å². The van der Waals surface area contributed by atoms with E-state index in [2.05, 4.69) is 15.6 Å². The Morgan fingerprint density at radius 1 is 1.25 bits per heavy atom. The second-order valence-electron chi connectivity index (χ2n) is 5.77. The van der Waals surface area contributed by atoms with E-state index in [1.807, 2.05) is 0 Å². The first-order chi connectivity index (χ1) is 11.5. The van der Waals surface area contributed by atoms with Crippen molar-refractivity contribution < 1.29 is 14.4 Å². The maximum absolute atomic E-state index is 12.1. The second kappa shape index (κ2) is 6.92. The minimum Gasteiger partial charge on any atom is -0.326 e. The predicted molar refractivity (Wildman–Crippen MR) is 92.2 cm³/mol. The first-order valence-corrected chi connectivity index (χ1v) is 8.55. The summed E-state index contributed by atoms with van der Waals surface area (Å²) in [6.07, 6.45) is 1.98. The molecule has 0 spiro atoms. The van der Waals surface area contributed by atoms with E-state index in [1.165, 1.54) is 18.3 Å². The van der Waals surface area contributed by atoms with Gasteiger partial charge in [-0.2, -0.15) is 0 Å². The summed E-state index contributed by atoms with van der Waals surface area (Å²) < 4.78 is 0. The lowest BCUT2D eigenvalue weighted by molar-refractivity contribution is -0.117. The molecule has 0 saturated heterocycles. The summed E-state index contributed by atoms with van der Waals surface area (Å²) in [5.74, 6) is -0.154. The van der Waals surface area contributed by atoms with Gasteiger partial charge in [0.1, 0.15) is 0 Å². The van der Waals surface area contributed by atoms with Gasteiger partial charge in [0.25, 0.3) is 0 Å². The van der Waals surface area contributed by atoms with E-state index in [1.54, 1.807) is 29.6 Å². The largest absolute Gasteiger partial charge is 0.326 e. The summed E-state index contributed by atoms with van der Waals surface area (Å²) in [7, 11) is 0. The van der Waals surface area contributed by atoms with E-state index < -0.39 is 0 Å². The van der Waals surface area contributed by atoms with Crippen molar-refractivity contribution in [2.24, 2.45) is 5.92 Å². The first kappa shape index (κ1) is 16.3. The number of rotatable bonds is 6. The quantitative estimate of drug-likeness (QED) is 0.790. The molecule has 1 saturated carbocycles. The maximum atomic E-state index is 12.1. The van der Waals surface area contributed by atoms with Gasteiger partial charge in [-0.05, 0) is 31.9 Å². The van der Waals surface area contributed by atoms with Crippen LogP contribution in [0.25, 0.3) is 0 Å². The van der Waals surface area contributed by atoms with E-state index in [-0.39, 0.29) is 29.9 Å². The zero-order chi connectivity index (χ0) is 17.1. The SMILES string of the molecule is CC(=O)c1cccc(NC(=O)Cc2csc(NC(=O)C3CC3)n2)c1. The van der Waals surface area contributed by atoms with E-state index in [9.17, 15) is 14.4 Å². The lowest BCUT2D eigenvalue weighted by atomic mass is 10.1. The van der Waals surface area contributed by atoms with E-state index in [4.69, 9.17) is 0 Å². The van der Waals surface area contributed by atoms with Crippen LogP contribution in [0.5, 0.6) is 0 Å². The number of anilines is 2. The molecule has 24 heavy (non-hydrogen) atoms. The van der Waals surface area contributed by atoms with Crippen molar-refractivity contribution in [3.8, 4) is 0 Å². The molecule has 2 aromatic rings. The Labute approximate surface area is 143 Å². The molecule has 0 radical (unpaired) electrons. The molecule has 0 unspecified atom stereocenters. The van der Waals surface area contributed by atoms with Gasteiger partial charge in [-0.15, -0.1) is 11.3 Å². The fraction of sp³-hybridized carbons (Fsp3) is 0.294. The number of ketones is 1. The van der Waals surface area contributed by atoms with Gasteiger partial charge in [0, 0.05) is 22.5 Å². The molecule has 1 aromatic carbocycles. The van der Waals surface area contributed by atoms with Gasteiger partial charge < -0.3 is 10.6 Å². The molecule has 6 nitrogen and oxygen atoms in total. The topological polar surface area (TPSA) is 88.2 Å². The van der Waals surface area contributed by atoms with Crippen LogP contribution in [0.3, 0.4) is 0 Å². The summed E-state index contributed by atoms with van der Waals surface area (Å²) in [5.41, 5.74) is 1.73. The number of hydrogen-bond acceptors (Lipinski definition) is 5. The second-order valence-corrected chi connectivity index (χ2v) is 6.63. The van der Waals surface area contributed by atoms with Gasteiger partial charge in [-0.25, -0.2) is 4.98 Å². The van der Waals surface area contributed by atoms with Gasteiger partial charge in [0.15, 0.2) is 10.9 Å². The Morgan fingerprint density at radius 3 is 2.75 bits per heavy atom. The number of benzene rings is 1. The van der Waals surface area contributed by atoms with E-state index >= 15 is 0 Å². The zero-order valence-electron chi connectivity index (χ0n) is 13.2. The molecule has 0 atom stereocenters. The molecular formula is C17H17N3O3S. The number of amides is 2. The van der Waals surface area contributed by atoms with Gasteiger partial charge in [-0.1, -0.05) is 12.1 Å². The summed E-state index contributed by atoms with van der Waals surface area (Å²) in [5, 5.41) is 7.80. The number of hydrogen-bond donors (Lipinski definition) is 2. The lowest BCUT2D eigenvalue weighted by Gasteiger charge is -2.05. The van der Waals surface area contributed by atoms with E-state index in [0.717, 1.165) is 12.8 Å². The molecule has 2 N–H and O–H groups in total. The average molecular weight is 343 g/mol. The third-order valence-corrected chi connectivity index (χ3v) is 4.43. The smallest absolute Gasteiger partial charge is 0.230 e. The van der Waals surface area contributed by atoms with Crippen LogP contribution in [0.1, 0.15) is 35.8 Å². The van der Waals surface area contributed by atoms with Crippen LogP contribution >= 0.6 is 11.3 Å². The van der Waals surface area contributed by atoms with Crippen LogP contribution in [0.2, 0.25) is 0 Å². The number of carbonyl (C=O) groups is 3. The van der Waals surface area contributed by atoms with Crippen LogP contribution in [0, 0.1) is 5.92 Å². The van der Waals surface area contributed by atoms with Crippen molar-refractivity contribution in [3.05, 3.63) is 40.9 Å². The Balaban J connectivity index is 1.56. The third kappa shape index (κ3) is 4.26. The van der Waals surface area contributed by atoms with Crippen molar-refractivity contribution in [2.45, 2.75) is 26.2 Å². The summed E-state index contributed by atoms with van der Waals surface area (Å²) in [4.78, 5) is 39.4. The summed E-state index contributed by atoms with van der Waals surface area (Å²) in [6.45, 7) is 1.48. The van der Waals surface area contributed by atoms with Crippen LogP contribution < -0.4 is 10.6 Å². The fourth-order valence-corrected chi connectivity index (χ4v) is 2.90. The Kier molecular flexibility index (Phi) is 4.71. The zero-order valence-corrected chi connectivity index (χ0v) is 14.0. The van der Waals surface area contributed by atoms with Crippen LogP contribution in [0.4, 0.5) is 10.8 Å². The van der Waals surface area contributed by atoms with Crippen molar-refractivity contribution >= 4 is 39.8 Å². The number of aromatic nitrogens is 1. The summed E-state index contributed by atoms with van der Waals surface area (Å²) in [6, 6.07) is 6.79. The number of carbonyl (C=O) groups excluding carboxylic acids is 3. The number of Topliss-reactive ketones (excluding diaryl/α,β-unsaturated/α-hetero) is 1. The Morgan fingerprint density at radius 2 is 2.04 bits per heavy atom. The highest BCUT2D eigenvalue weighted by Crippen LogP contribution is 2.30. The molecule has 1 aromatic heterocycles. The third-order valence-electron chi connectivity index (χ3n) is 3.62. The molecule has 1 aliphatic carbocycles. The van der Waals surface area contributed by atoms with Crippen LogP contribution in [-0.4, -0.2) is 22.6 Å². The molecule has 7 heteroatoms. The molecule has 0 aliphatic heterocycles. The molecule has 2 amide bonds. The summed E-state index contributed by atoms with van der Waals surface area (Å²) >= 11 is 1.31. The minimum atomic E-state index is -0.221. The van der Waals surface area contributed by atoms with Crippen molar-refractivity contribution in [1.82, 2.24) is 4.98 Å². The molecule has 1 aliphatic rings. The lowest BCUT2D eigenvalue weighted by Crippen LogP contribution is -2.15. The monoisotopic (exact) mass is 343 g/mol. The Bertz CT molecular complexity index is 796. The van der Waals surface area contributed by atoms with Crippen molar-refractivity contribution in [1.29, 1.82) is 0 Å². The number of nitrogens with zero attached hydrogens (tertiary/aromatic N) is 1. The molecule has 1 heterocycles. The van der Waals surface area contributed by atoms with Crippen LogP contribution in [-0.2, 0) is 16.0 Å². The van der Waals surface area contributed by atoms with Crippen molar-refractivity contribution in [2.75, 3.05) is 10.6 Å². The standard InChI is InChI=1S/C17H17N3O3S/c1-10(21)12-3-2-4-13(7-12)18-15(22)8-14-9-24-17(19-14)20-16(23)11-5-6-11/h2-4,7,9,11H,5-6,8H2,1H3,(H,18,22)(H,19,20,23). The molecular weight excluding hydrogens is 326 g/mol.